The number of piperidine rings is 1. The van der Waals surface area contributed by atoms with Crippen molar-refractivity contribution in [1.82, 2.24) is 15.3 Å². The van der Waals surface area contributed by atoms with E-state index in [0.717, 1.165) is 44.0 Å². The summed E-state index contributed by atoms with van der Waals surface area (Å²) in [5.41, 5.74) is 1.25. The first-order valence-corrected chi connectivity index (χ1v) is 11.8. The van der Waals surface area contributed by atoms with E-state index in [9.17, 15) is 13.2 Å². The normalized spacial score (nSPS) is 19.0. The molecule has 2 fully saturated rings. The van der Waals surface area contributed by atoms with Crippen LogP contribution in [0.3, 0.4) is 0 Å². The minimum absolute atomic E-state index is 0.121. The van der Waals surface area contributed by atoms with Crippen LogP contribution in [0, 0.1) is 0 Å². The van der Waals surface area contributed by atoms with Gasteiger partial charge in [-0.1, -0.05) is 12.1 Å². The summed E-state index contributed by atoms with van der Waals surface area (Å²) >= 11 is 5.30. The van der Waals surface area contributed by atoms with Gasteiger partial charge in [0.2, 0.25) is 5.95 Å². The summed E-state index contributed by atoms with van der Waals surface area (Å²) in [6.07, 6.45) is 0.782. The predicted octanol–water partition coefficient (Wildman–Crippen LogP) is 4.96. The first kappa shape index (κ1) is 23.5. The van der Waals surface area contributed by atoms with Crippen LogP contribution in [0.2, 0.25) is 0 Å². The maximum absolute atomic E-state index is 13.5. The molecule has 2 aliphatic rings. The highest BCUT2D eigenvalue weighted by atomic mass is 32.1. The minimum atomic E-state index is -4.57. The largest absolute Gasteiger partial charge is 0.433 e. The molecular formula is C23H29F3N6S. The average molecular weight is 479 g/mol. The summed E-state index contributed by atoms with van der Waals surface area (Å²) in [6, 6.07) is 9.36. The number of anilines is 3. The van der Waals surface area contributed by atoms with Gasteiger partial charge >= 0.3 is 6.18 Å². The Morgan fingerprint density at radius 3 is 2.42 bits per heavy atom. The lowest BCUT2D eigenvalue weighted by Gasteiger charge is -2.34. The molecule has 10 heteroatoms. The van der Waals surface area contributed by atoms with Crippen molar-refractivity contribution in [2.24, 2.45) is 0 Å². The molecule has 1 atom stereocenters. The Kier molecular flexibility index (Phi) is 7.21. The Morgan fingerprint density at radius 1 is 1.06 bits per heavy atom. The van der Waals surface area contributed by atoms with Crippen molar-refractivity contribution in [1.29, 1.82) is 0 Å². The van der Waals surface area contributed by atoms with Gasteiger partial charge in [0.15, 0.2) is 10.8 Å². The number of nitrogens with zero attached hydrogens (tertiary/aromatic N) is 4. The van der Waals surface area contributed by atoms with Gasteiger partial charge in [0.25, 0.3) is 0 Å². The van der Waals surface area contributed by atoms with Crippen LogP contribution in [0.25, 0.3) is 0 Å². The number of alkyl halides is 3. The van der Waals surface area contributed by atoms with Crippen molar-refractivity contribution >= 4 is 34.8 Å². The molecule has 2 aliphatic heterocycles. The second-order valence-electron chi connectivity index (χ2n) is 8.64. The van der Waals surface area contributed by atoms with E-state index >= 15 is 0 Å². The molecule has 0 spiro atoms. The monoisotopic (exact) mass is 478 g/mol. The molecule has 1 aromatic carbocycles. The topological polar surface area (TPSA) is 56.3 Å². The summed E-state index contributed by atoms with van der Waals surface area (Å²) in [6.45, 7) is 5.29. The Labute approximate surface area is 197 Å². The number of rotatable bonds is 5. The summed E-state index contributed by atoms with van der Waals surface area (Å²) in [5, 5.41) is 5.95. The molecule has 3 heterocycles. The first-order chi connectivity index (χ1) is 15.8. The Hall–Kier alpha value is -2.62. The third kappa shape index (κ3) is 6.04. The maximum Gasteiger partial charge on any atom is 0.433 e. The van der Waals surface area contributed by atoms with Gasteiger partial charge in [-0.05, 0) is 68.9 Å². The van der Waals surface area contributed by atoms with Crippen LogP contribution in [0.1, 0.15) is 50.3 Å². The van der Waals surface area contributed by atoms with Crippen molar-refractivity contribution < 1.29 is 13.2 Å². The number of aromatic nitrogens is 2. The Balaban J connectivity index is 1.41. The first-order valence-electron chi connectivity index (χ1n) is 11.4. The fourth-order valence-corrected chi connectivity index (χ4v) is 4.51. The molecular weight excluding hydrogens is 449 g/mol. The standard InChI is InChI=1S/C23H29F3N6S/c1-16-6-2-3-13-32(16)20-14-19(23(24,25)26)28-21(29-20)30-22(33)27-15-17-7-9-18(10-8-17)31-11-4-5-12-31/h7-10,14,16H,2-6,11-13,15H2,1H3,(H2,27,28,29,30,33)/t16-/m0/s1. The second kappa shape index (κ2) is 10.1. The van der Waals surface area contributed by atoms with E-state index in [0.29, 0.717) is 13.1 Å². The highest BCUT2D eigenvalue weighted by Gasteiger charge is 2.35. The summed E-state index contributed by atoms with van der Waals surface area (Å²) in [5.74, 6) is 0.117. The van der Waals surface area contributed by atoms with E-state index in [1.54, 1.807) is 0 Å². The number of thiocarbonyl (C=S) groups is 1. The lowest BCUT2D eigenvalue weighted by Crippen LogP contribution is -2.38. The smallest absolute Gasteiger partial charge is 0.372 e. The second-order valence-corrected chi connectivity index (χ2v) is 9.05. The van der Waals surface area contributed by atoms with Crippen LogP contribution >= 0.6 is 12.2 Å². The van der Waals surface area contributed by atoms with Crippen LogP contribution in [0.4, 0.5) is 30.6 Å². The summed E-state index contributed by atoms with van der Waals surface area (Å²) in [7, 11) is 0. The van der Waals surface area contributed by atoms with Crippen LogP contribution in [0.5, 0.6) is 0 Å². The Bertz CT molecular complexity index is 960. The molecule has 0 aliphatic carbocycles. The van der Waals surface area contributed by atoms with Crippen molar-refractivity contribution in [2.75, 3.05) is 34.8 Å². The van der Waals surface area contributed by atoms with Crippen molar-refractivity contribution in [3.8, 4) is 0 Å². The molecule has 33 heavy (non-hydrogen) atoms. The van der Waals surface area contributed by atoms with E-state index in [1.165, 1.54) is 18.5 Å². The van der Waals surface area contributed by atoms with Gasteiger partial charge in [-0.2, -0.15) is 18.2 Å². The number of nitrogens with one attached hydrogen (secondary N) is 2. The fourth-order valence-electron chi connectivity index (χ4n) is 4.35. The van der Waals surface area contributed by atoms with Gasteiger partial charge < -0.3 is 20.4 Å². The molecule has 0 bridgehead atoms. The molecule has 2 aromatic rings. The molecule has 4 rings (SSSR count). The molecule has 178 valence electrons. The van der Waals surface area contributed by atoms with E-state index in [2.05, 4.69) is 37.6 Å². The quantitative estimate of drug-likeness (QED) is 0.589. The molecule has 2 N–H and O–H groups in total. The zero-order chi connectivity index (χ0) is 23.4. The molecule has 0 saturated carbocycles. The van der Waals surface area contributed by atoms with Gasteiger partial charge in [-0.25, -0.2) is 4.98 Å². The van der Waals surface area contributed by atoms with Crippen molar-refractivity contribution in [3.63, 3.8) is 0 Å². The van der Waals surface area contributed by atoms with Crippen LogP contribution < -0.4 is 20.4 Å². The molecule has 6 nitrogen and oxygen atoms in total. The van der Waals surface area contributed by atoms with Gasteiger partial charge in [0.05, 0.1) is 0 Å². The third-order valence-corrected chi connectivity index (χ3v) is 6.43. The van der Waals surface area contributed by atoms with E-state index < -0.39 is 11.9 Å². The van der Waals surface area contributed by atoms with Gasteiger partial charge in [-0.3, -0.25) is 0 Å². The maximum atomic E-state index is 13.5. The zero-order valence-electron chi connectivity index (χ0n) is 18.7. The molecule has 1 aromatic heterocycles. The van der Waals surface area contributed by atoms with E-state index in [4.69, 9.17) is 12.2 Å². The van der Waals surface area contributed by atoms with E-state index in [-0.39, 0.29) is 22.9 Å². The third-order valence-electron chi connectivity index (χ3n) is 6.19. The zero-order valence-corrected chi connectivity index (χ0v) is 19.5. The number of benzene rings is 1. The number of hydrogen-bond acceptors (Lipinski definition) is 5. The van der Waals surface area contributed by atoms with Gasteiger partial charge in [0.1, 0.15) is 5.82 Å². The summed E-state index contributed by atoms with van der Waals surface area (Å²) < 4.78 is 40.4. The highest BCUT2D eigenvalue weighted by molar-refractivity contribution is 7.80. The molecule has 0 amide bonds. The number of halogens is 3. The van der Waals surface area contributed by atoms with Gasteiger partial charge in [-0.15, -0.1) is 0 Å². The molecule has 0 radical (unpaired) electrons. The average Bonchev–Trinajstić information content (AvgIpc) is 3.32. The van der Waals surface area contributed by atoms with E-state index in [1.807, 2.05) is 24.0 Å². The lowest BCUT2D eigenvalue weighted by atomic mass is 10.0. The van der Waals surface area contributed by atoms with Crippen molar-refractivity contribution in [3.05, 3.63) is 41.6 Å². The fraction of sp³-hybridized carbons (Fsp3) is 0.522. The summed E-state index contributed by atoms with van der Waals surface area (Å²) in [4.78, 5) is 12.3. The minimum Gasteiger partial charge on any atom is -0.372 e. The Morgan fingerprint density at radius 2 is 1.76 bits per heavy atom. The van der Waals surface area contributed by atoms with Gasteiger partial charge in [0, 0.05) is 44.0 Å². The van der Waals surface area contributed by atoms with Crippen LogP contribution in [-0.4, -0.2) is 40.8 Å². The molecule has 0 unspecified atom stereocenters. The van der Waals surface area contributed by atoms with Crippen LogP contribution in [-0.2, 0) is 12.7 Å². The highest BCUT2D eigenvalue weighted by Crippen LogP contribution is 2.32. The lowest BCUT2D eigenvalue weighted by molar-refractivity contribution is -0.141. The number of hydrogen-bond donors (Lipinski definition) is 2. The SMILES string of the molecule is C[C@H]1CCCCN1c1cc(C(F)(F)F)nc(NC(=S)NCc2ccc(N3CCCC3)cc2)n1. The predicted molar refractivity (Wildman–Crippen MR) is 129 cm³/mol. The van der Waals surface area contributed by atoms with Crippen LogP contribution in [0.15, 0.2) is 30.3 Å². The molecule has 2 saturated heterocycles. The van der Waals surface area contributed by atoms with Crippen molar-refractivity contribution in [2.45, 2.75) is 57.8 Å².